The van der Waals surface area contributed by atoms with Crippen molar-refractivity contribution in [2.24, 2.45) is 0 Å². The molecule has 1 aromatic heterocycles. The van der Waals surface area contributed by atoms with E-state index in [4.69, 9.17) is 19.3 Å². The topological polar surface area (TPSA) is 78.6 Å². The first-order valence-corrected chi connectivity index (χ1v) is 5.51. The second-order valence-electron chi connectivity index (χ2n) is 3.35. The Kier molecular flexibility index (Phi) is 7.48. The van der Waals surface area contributed by atoms with Gasteiger partial charge in [0.15, 0.2) is 0 Å². The third-order valence-electron chi connectivity index (χ3n) is 1.95. The van der Waals surface area contributed by atoms with Crippen LogP contribution in [0.2, 0.25) is 0 Å². The van der Waals surface area contributed by atoms with Gasteiger partial charge in [0.05, 0.1) is 52.4 Å². The van der Waals surface area contributed by atoms with Crippen LogP contribution in [0.25, 0.3) is 0 Å². The molecular formula is C10H19N3O4. The standard InChI is InChI=1S/C10H19N3O4/c1-15-9-10-8-13(12-11-10)2-4-16-6-7-17-5-3-14/h8,14H,2-7,9H2,1H3. The van der Waals surface area contributed by atoms with Crippen LogP contribution in [0.3, 0.4) is 0 Å². The third kappa shape index (κ3) is 6.32. The molecule has 0 saturated carbocycles. The molecule has 0 radical (unpaired) electrons. The van der Waals surface area contributed by atoms with E-state index in [1.807, 2.05) is 6.20 Å². The molecule has 0 aliphatic rings. The van der Waals surface area contributed by atoms with Crippen LogP contribution in [0.5, 0.6) is 0 Å². The molecule has 1 N–H and O–H groups in total. The summed E-state index contributed by atoms with van der Waals surface area (Å²) in [5.41, 5.74) is 0.804. The van der Waals surface area contributed by atoms with Crippen LogP contribution < -0.4 is 0 Å². The summed E-state index contributed by atoms with van der Waals surface area (Å²) in [6, 6.07) is 0. The van der Waals surface area contributed by atoms with Gasteiger partial charge in [-0.05, 0) is 0 Å². The molecule has 7 heteroatoms. The highest BCUT2D eigenvalue weighted by Gasteiger charge is 1.99. The van der Waals surface area contributed by atoms with E-state index in [0.717, 1.165) is 5.69 Å². The largest absolute Gasteiger partial charge is 0.394 e. The number of hydrogen-bond acceptors (Lipinski definition) is 6. The molecule has 17 heavy (non-hydrogen) atoms. The predicted octanol–water partition coefficient (Wildman–Crippen LogP) is -0.550. The van der Waals surface area contributed by atoms with Gasteiger partial charge in [0.2, 0.25) is 0 Å². The van der Waals surface area contributed by atoms with Crippen molar-refractivity contribution in [1.29, 1.82) is 0 Å². The molecule has 1 heterocycles. The van der Waals surface area contributed by atoms with Gasteiger partial charge in [-0.2, -0.15) is 0 Å². The van der Waals surface area contributed by atoms with E-state index >= 15 is 0 Å². The molecule has 1 aromatic rings. The monoisotopic (exact) mass is 245 g/mol. The van der Waals surface area contributed by atoms with Gasteiger partial charge in [0, 0.05) is 7.11 Å². The molecule has 0 aromatic carbocycles. The molecule has 0 atom stereocenters. The molecule has 1 rings (SSSR count). The lowest BCUT2D eigenvalue weighted by molar-refractivity contribution is 0.0302. The van der Waals surface area contributed by atoms with Crippen LogP contribution in [-0.4, -0.2) is 60.2 Å². The fourth-order valence-electron chi connectivity index (χ4n) is 1.21. The van der Waals surface area contributed by atoms with E-state index in [9.17, 15) is 0 Å². The number of aliphatic hydroxyl groups excluding tert-OH is 1. The van der Waals surface area contributed by atoms with Crippen molar-refractivity contribution < 1.29 is 19.3 Å². The summed E-state index contributed by atoms with van der Waals surface area (Å²) >= 11 is 0. The van der Waals surface area contributed by atoms with Gasteiger partial charge in [-0.25, -0.2) is 4.68 Å². The van der Waals surface area contributed by atoms with Crippen LogP contribution in [0.1, 0.15) is 5.69 Å². The van der Waals surface area contributed by atoms with Gasteiger partial charge >= 0.3 is 0 Å². The van der Waals surface area contributed by atoms with E-state index in [0.29, 0.717) is 39.6 Å². The summed E-state index contributed by atoms with van der Waals surface area (Å²) in [5, 5.41) is 16.3. The zero-order valence-corrected chi connectivity index (χ0v) is 10.0. The molecule has 0 amide bonds. The summed E-state index contributed by atoms with van der Waals surface area (Å²) in [7, 11) is 1.62. The molecule has 0 aliphatic carbocycles. The quantitative estimate of drug-likeness (QED) is 0.557. The van der Waals surface area contributed by atoms with E-state index in [1.54, 1.807) is 11.8 Å². The van der Waals surface area contributed by atoms with Crippen molar-refractivity contribution in [3.8, 4) is 0 Å². The fraction of sp³-hybridized carbons (Fsp3) is 0.800. The molecule has 7 nitrogen and oxygen atoms in total. The molecule has 0 spiro atoms. The van der Waals surface area contributed by atoms with Crippen molar-refractivity contribution >= 4 is 0 Å². The number of aliphatic hydroxyl groups is 1. The second kappa shape index (κ2) is 9.06. The Balaban J connectivity index is 2.01. The highest BCUT2D eigenvalue weighted by atomic mass is 16.5. The zero-order valence-electron chi connectivity index (χ0n) is 10.0. The molecule has 98 valence electrons. The Hall–Kier alpha value is -1.02. The van der Waals surface area contributed by atoms with Gasteiger partial charge in [-0.1, -0.05) is 5.21 Å². The minimum Gasteiger partial charge on any atom is -0.394 e. The highest BCUT2D eigenvalue weighted by Crippen LogP contribution is 1.94. The maximum absolute atomic E-state index is 8.47. The van der Waals surface area contributed by atoms with E-state index in [2.05, 4.69) is 10.3 Å². The van der Waals surface area contributed by atoms with Gasteiger partial charge in [-0.15, -0.1) is 5.10 Å². The highest BCUT2D eigenvalue weighted by molar-refractivity contribution is 4.89. The van der Waals surface area contributed by atoms with Gasteiger partial charge < -0.3 is 19.3 Å². The summed E-state index contributed by atoms with van der Waals surface area (Å²) in [6.07, 6.45) is 1.83. The molecule has 0 bridgehead atoms. The Morgan fingerprint density at radius 2 is 2.00 bits per heavy atom. The molecule has 0 aliphatic heterocycles. The number of nitrogens with zero attached hydrogens (tertiary/aromatic N) is 3. The minimum absolute atomic E-state index is 0.0429. The molecule has 0 unspecified atom stereocenters. The number of aromatic nitrogens is 3. The number of methoxy groups -OCH3 is 1. The van der Waals surface area contributed by atoms with Gasteiger partial charge in [0.25, 0.3) is 0 Å². The van der Waals surface area contributed by atoms with Crippen LogP contribution in [0.4, 0.5) is 0 Å². The lowest BCUT2D eigenvalue weighted by atomic mass is 10.5. The number of ether oxygens (including phenoxy) is 3. The molecular weight excluding hydrogens is 226 g/mol. The predicted molar refractivity (Wildman–Crippen MR) is 59.5 cm³/mol. The Morgan fingerprint density at radius 3 is 2.71 bits per heavy atom. The first-order valence-electron chi connectivity index (χ1n) is 5.51. The van der Waals surface area contributed by atoms with Crippen molar-refractivity contribution in [3.63, 3.8) is 0 Å². The number of rotatable bonds is 10. The first-order chi connectivity index (χ1) is 8.36. The van der Waals surface area contributed by atoms with E-state index in [1.165, 1.54) is 0 Å². The maximum atomic E-state index is 8.47. The average molecular weight is 245 g/mol. The lowest BCUT2D eigenvalue weighted by Crippen LogP contribution is -2.11. The Bertz CT molecular complexity index is 293. The van der Waals surface area contributed by atoms with Crippen LogP contribution >= 0.6 is 0 Å². The third-order valence-corrected chi connectivity index (χ3v) is 1.95. The first kappa shape index (κ1) is 14.0. The van der Waals surface area contributed by atoms with Crippen molar-refractivity contribution in [2.75, 3.05) is 40.1 Å². The minimum atomic E-state index is 0.0429. The van der Waals surface area contributed by atoms with Crippen molar-refractivity contribution in [2.45, 2.75) is 13.2 Å². The summed E-state index contributed by atoms with van der Waals surface area (Å²) in [4.78, 5) is 0. The zero-order chi connectivity index (χ0) is 12.3. The second-order valence-corrected chi connectivity index (χ2v) is 3.35. The lowest BCUT2D eigenvalue weighted by Gasteiger charge is -2.04. The summed E-state index contributed by atoms with van der Waals surface area (Å²) in [5.74, 6) is 0. The average Bonchev–Trinajstić information content (AvgIpc) is 2.76. The van der Waals surface area contributed by atoms with Gasteiger partial charge in [0.1, 0.15) is 5.69 Å². The summed E-state index contributed by atoms with van der Waals surface area (Å²) < 4.78 is 17.0. The van der Waals surface area contributed by atoms with Crippen molar-refractivity contribution in [3.05, 3.63) is 11.9 Å². The Morgan fingerprint density at radius 1 is 1.24 bits per heavy atom. The van der Waals surface area contributed by atoms with Crippen LogP contribution in [-0.2, 0) is 27.4 Å². The fourth-order valence-corrected chi connectivity index (χ4v) is 1.21. The molecule has 0 fully saturated rings. The molecule has 0 saturated heterocycles. The number of hydrogen-bond donors (Lipinski definition) is 1. The smallest absolute Gasteiger partial charge is 0.108 e. The summed E-state index contributed by atoms with van der Waals surface area (Å²) in [6.45, 7) is 3.07. The maximum Gasteiger partial charge on any atom is 0.108 e. The van der Waals surface area contributed by atoms with Gasteiger partial charge in [-0.3, -0.25) is 0 Å². The normalized spacial score (nSPS) is 10.9. The van der Waals surface area contributed by atoms with E-state index < -0.39 is 0 Å². The van der Waals surface area contributed by atoms with Crippen LogP contribution in [0, 0.1) is 0 Å². The van der Waals surface area contributed by atoms with Crippen LogP contribution in [0.15, 0.2) is 6.20 Å². The Labute approximate surface area is 100 Å². The SMILES string of the molecule is COCc1cn(CCOCCOCCO)nn1. The van der Waals surface area contributed by atoms with Crippen molar-refractivity contribution in [1.82, 2.24) is 15.0 Å². The van der Waals surface area contributed by atoms with E-state index in [-0.39, 0.29) is 6.61 Å².